The van der Waals surface area contributed by atoms with Gasteiger partial charge in [0.15, 0.2) is 6.29 Å². The minimum Gasteiger partial charge on any atom is -0.337 e. The van der Waals surface area contributed by atoms with Crippen LogP contribution in [0.3, 0.4) is 0 Å². The van der Waals surface area contributed by atoms with Crippen LogP contribution >= 0.6 is 0 Å². The molecule has 0 atom stereocenters. The first kappa shape index (κ1) is 16.5. The maximum absolute atomic E-state index is 12.4. The highest BCUT2D eigenvalue weighted by molar-refractivity contribution is 6.00. The predicted octanol–water partition coefficient (Wildman–Crippen LogP) is 3.53. The van der Waals surface area contributed by atoms with Gasteiger partial charge in [0.1, 0.15) is 6.54 Å². The number of nitriles is 1. The summed E-state index contributed by atoms with van der Waals surface area (Å²) in [5.74, 6) is -0.190. The molecule has 0 aliphatic carbocycles. The van der Waals surface area contributed by atoms with E-state index in [0.29, 0.717) is 16.8 Å². The van der Waals surface area contributed by atoms with Crippen LogP contribution in [0.4, 0.5) is 5.69 Å². The number of amides is 1. The number of carbonyl (C=O) groups excluding carboxylic acids is 2. The Morgan fingerprint density at radius 2 is 2.00 bits per heavy atom. The van der Waals surface area contributed by atoms with E-state index in [1.807, 2.05) is 35.8 Å². The predicted molar refractivity (Wildman–Crippen MR) is 96.5 cm³/mol. The van der Waals surface area contributed by atoms with E-state index in [0.717, 1.165) is 29.2 Å². The van der Waals surface area contributed by atoms with E-state index >= 15 is 0 Å². The highest BCUT2D eigenvalue weighted by atomic mass is 16.2. The molecule has 2 aromatic carbocycles. The Balaban J connectivity index is 1.88. The van der Waals surface area contributed by atoms with Crippen LogP contribution in [-0.4, -0.2) is 16.8 Å². The first-order chi connectivity index (χ1) is 12.2. The largest absolute Gasteiger partial charge is 0.337 e. The molecule has 124 valence electrons. The minimum atomic E-state index is -0.190. The number of aryl methyl sites for hydroxylation is 1. The molecule has 1 N–H and O–H groups in total. The average molecular weight is 331 g/mol. The quantitative estimate of drug-likeness (QED) is 0.727. The SMILES string of the molecule is CCc1cccc2c(C=O)cn(CC(=O)Nc3ccc(C#N)cc3)c12. The molecule has 0 spiro atoms. The van der Waals surface area contributed by atoms with Gasteiger partial charge in [-0.25, -0.2) is 0 Å². The molecule has 0 unspecified atom stereocenters. The van der Waals surface area contributed by atoms with Crippen molar-refractivity contribution in [1.29, 1.82) is 5.26 Å². The monoisotopic (exact) mass is 331 g/mol. The van der Waals surface area contributed by atoms with Crippen LogP contribution in [0.1, 0.15) is 28.4 Å². The van der Waals surface area contributed by atoms with Crippen LogP contribution in [0.5, 0.6) is 0 Å². The number of aromatic nitrogens is 1. The number of anilines is 1. The second kappa shape index (κ2) is 7.02. The van der Waals surface area contributed by atoms with Gasteiger partial charge in [-0.1, -0.05) is 25.1 Å². The summed E-state index contributed by atoms with van der Waals surface area (Å²) in [5, 5.41) is 12.5. The lowest BCUT2D eigenvalue weighted by Gasteiger charge is -2.09. The number of nitrogens with zero attached hydrogens (tertiary/aromatic N) is 2. The van der Waals surface area contributed by atoms with E-state index in [-0.39, 0.29) is 12.5 Å². The summed E-state index contributed by atoms with van der Waals surface area (Å²) in [6, 6.07) is 14.6. The zero-order valence-electron chi connectivity index (χ0n) is 13.8. The summed E-state index contributed by atoms with van der Waals surface area (Å²) in [6.45, 7) is 2.16. The molecule has 1 amide bonds. The van der Waals surface area contributed by atoms with Gasteiger partial charge in [0.05, 0.1) is 17.1 Å². The van der Waals surface area contributed by atoms with Crippen molar-refractivity contribution in [2.75, 3.05) is 5.32 Å². The van der Waals surface area contributed by atoms with E-state index in [4.69, 9.17) is 5.26 Å². The van der Waals surface area contributed by atoms with E-state index in [9.17, 15) is 9.59 Å². The summed E-state index contributed by atoms with van der Waals surface area (Å²) in [4.78, 5) is 23.7. The number of fused-ring (bicyclic) bond motifs is 1. The number of rotatable bonds is 5. The standard InChI is InChI=1S/C20H17N3O2/c1-2-15-4-3-5-18-16(13-24)11-23(20(15)18)12-19(25)22-17-8-6-14(10-21)7-9-17/h3-9,11,13H,2,12H2,1H3,(H,22,25). The summed E-state index contributed by atoms with van der Waals surface area (Å²) in [6.07, 6.45) is 3.35. The Labute approximate surface area is 145 Å². The number of hydrogen-bond donors (Lipinski definition) is 1. The number of aldehydes is 1. The third kappa shape index (κ3) is 3.29. The third-order valence-corrected chi connectivity index (χ3v) is 4.13. The van der Waals surface area contributed by atoms with Gasteiger partial charge < -0.3 is 9.88 Å². The lowest BCUT2D eigenvalue weighted by molar-refractivity contribution is -0.116. The molecule has 25 heavy (non-hydrogen) atoms. The van der Waals surface area contributed by atoms with Crippen molar-refractivity contribution in [2.45, 2.75) is 19.9 Å². The summed E-state index contributed by atoms with van der Waals surface area (Å²) >= 11 is 0. The number of nitrogens with one attached hydrogen (secondary N) is 1. The third-order valence-electron chi connectivity index (χ3n) is 4.13. The summed E-state index contributed by atoms with van der Waals surface area (Å²) < 4.78 is 1.82. The fraction of sp³-hybridized carbons (Fsp3) is 0.150. The van der Waals surface area contributed by atoms with Gasteiger partial charge >= 0.3 is 0 Å². The zero-order valence-corrected chi connectivity index (χ0v) is 13.8. The molecule has 3 rings (SSSR count). The molecular formula is C20H17N3O2. The second-order valence-corrected chi connectivity index (χ2v) is 5.73. The minimum absolute atomic E-state index is 0.112. The van der Waals surface area contributed by atoms with Crippen LogP contribution in [0.2, 0.25) is 0 Å². The van der Waals surface area contributed by atoms with E-state index in [1.54, 1.807) is 30.5 Å². The highest BCUT2D eigenvalue weighted by Gasteiger charge is 2.13. The second-order valence-electron chi connectivity index (χ2n) is 5.73. The molecule has 0 bridgehead atoms. The molecule has 3 aromatic rings. The van der Waals surface area contributed by atoms with Crippen molar-refractivity contribution in [3.05, 3.63) is 65.4 Å². The van der Waals surface area contributed by atoms with Crippen LogP contribution in [0.25, 0.3) is 10.9 Å². The van der Waals surface area contributed by atoms with Gasteiger partial charge in [-0.05, 0) is 36.2 Å². The summed E-state index contributed by atoms with van der Waals surface area (Å²) in [5.41, 5.74) is 3.76. The van der Waals surface area contributed by atoms with E-state index in [1.165, 1.54) is 0 Å². The first-order valence-corrected chi connectivity index (χ1v) is 8.02. The molecule has 0 aliphatic heterocycles. The zero-order chi connectivity index (χ0) is 17.8. The normalized spacial score (nSPS) is 10.4. The van der Waals surface area contributed by atoms with Crippen molar-refractivity contribution >= 4 is 28.8 Å². The van der Waals surface area contributed by atoms with Gasteiger partial charge in [-0.2, -0.15) is 5.26 Å². The van der Waals surface area contributed by atoms with Crippen molar-refractivity contribution in [2.24, 2.45) is 0 Å². The maximum atomic E-state index is 12.4. The molecule has 5 nitrogen and oxygen atoms in total. The molecule has 5 heteroatoms. The number of carbonyl (C=O) groups is 2. The lowest BCUT2D eigenvalue weighted by atomic mass is 10.1. The van der Waals surface area contributed by atoms with Crippen LogP contribution in [0.15, 0.2) is 48.7 Å². The topological polar surface area (TPSA) is 74.9 Å². The molecule has 0 saturated carbocycles. The molecule has 1 heterocycles. The van der Waals surface area contributed by atoms with Crippen molar-refractivity contribution in [3.8, 4) is 6.07 Å². The van der Waals surface area contributed by atoms with Gasteiger partial charge in [-0.3, -0.25) is 9.59 Å². The Bertz CT molecular complexity index is 979. The first-order valence-electron chi connectivity index (χ1n) is 8.02. The summed E-state index contributed by atoms with van der Waals surface area (Å²) in [7, 11) is 0. The molecule has 0 radical (unpaired) electrons. The Hall–Kier alpha value is -3.39. The van der Waals surface area contributed by atoms with Gasteiger partial charge in [0, 0.05) is 22.8 Å². The fourth-order valence-corrected chi connectivity index (χ4v) is 2.95. The number of hydrogen-bond acceptors (Lipinski definition) is 3. The Morgan fingerprint density at radius 1 is 1.24 bits per heavy atom. The Kier molecular flexibility index (Phi) is 4.62. The fourth-order valence-electron chi connectivity index (χ4n) is 2.95. The smallest absolute Gasteiger partial charge is 0.244 e. The molecular weight excluding hydrogens is 314 g/mol. The van der Waals surface area contributed by atoms with Gasteiger partial charge in [0.2, 0.25) is 5.91 Å². The Morgan fingerprint density at radius 3 is 2.64 bits per heavy atom. The maximum Gasteiger partial charge on any atom is 0.244 e. The molecule has 0 fully saturated rings. The molecule has 0 saturated heterocycles. The van der Waals surface area contributed by atoms with Crippen LogP contribution < -0.4 is 5.32 Å². The molecule has 0 aliphatic rings. The van der Waals surface area contributed by atoms with Gasteiger partial charge in [-0.15, -0.1) is 0 Å². The van der Waals surface area contributed by atoms with Crippen LogP contribution in [0, 0.1) is 11.3 Å². The number of benzene rings is 2. The average Bonchev–Trinajstić information content (AvgIpc) is 3.00. The van der Waals surface area contributed by atoms with Crippen molar-refractivity contribution < 1.29 is 9.59 Å². The molecule has 1 aromatic heterocycles. The van der Waals surface area contributed by atoms with Crippen LogP contribution in [-0.2, 0) is 17.8 Å². The van der Waals surface area contributed by atoms with E-state index < -0.39 is 0 Å². The van der Waals surface area contributed by atoms with Crippen molar-refractivity contribution in [1.82, 2.24) is 4.57 Å². The number of para-hydroxylation sites is 1. The van der Waals surface area contributed by atoms with Crippen molar-refractivity contribution in [3.63, 3.8) is 0 Å². The van der Waals surface area contributed by atoms with E-state index in [2.05, 4.69) is 5.32 Å². The lowest BCUT2D eigenvalue weighted by Crippen LogP contribution is -2.18. The highest BCUT2D eigenvalue weighted by Crippen LogP contribution is 2.24. The van der Waals surface area contributed by atoms with Gasteiger partial charge in [0.25, 0.3) is 0 Å².